The van der Waals surface area contributed by atoms with E-state index in [-0.39, 0.29) is 0 Å². The summed E-state index contributed by atoms with van der Waals surface area (Å²) >= 11 is 5.27. The molecule has 0 atom stereocenters. The van der Waals surface area contributed by atoms with E-state index in [4.69, 9.17) is 0 Å². The van der Waals surface area contributed by atoms with Gasteiger partial charge in [0.25, 0.3) is 0 Å². The van der Waals surface area contributed by atoms with Gasteiger partial charge in [-0.25, -0.2) is 0 Å². The van der Waals surface area contributed by atoms with Crippen molar-refractivity contribution in [2.75, 3.05) is 14.1 Å². The molecule has 0 unspecified atom stereocenters. The molecule has 13 heavy (non-hydrogen) atoms. The maximum atomic E-state index is 2.64. The lowest BCUT2D eigenvalue weighted by Gasteiger charge is -2.41. The molecule has 0 heterocycles. The standard InChI is InChI=1S/C8H20I2N2Si/c1-7(2)11(5)13(9,10)12(6)8(3)4/h7-8H,1-6H3. The maximum absolute atomic E-state index is 2.64. The molecule has 0 aromatic heterocycles. The van der Waals surface area contributed by atoms with Crippen LogP contribution in [0, 0.1) is 0 Å². The number of nitrogens with zero attached hydrogens (tertiary/aromatic N) is 2. The Morgan fingerprint density at radius 3 is 1.23 bits per heavy atom. The zero-order chi connectivity index (χ0) is 10.8. The van der Waals surface area contributed by atoms with Crippen molar-refractivity contribution < 1.29 is 0 Å². The first kappa shape index (κ1) is 14.6. The van der Waals surface area contributed by atoms with Gasteiger partial charge in [-0.05, 0) is 26.2 Å². The van der Waals surface area contributed by atoms with Gasteiger partial charge in [0.15, 0.2) is 0 Å². The largest absolute Gasteiger partial charge is 0.343 e. The van der Waals surface area contributed by atoms with Crippen LogP contribution in [0.3, 0.4) is 0 Å². The fraction of sp³-hybridized carbons (Fsp3) is 1.00. The summed E-state index contributed by atoms with van der Waals surface area (Å²) in [7, 11) is 4.46. The van der Waals surface area contributed by atoms with Crippen LogP contribution in [-0.4, -0.2) is 38.7 Å². The molecule has 0 N–H and O–H groups in total. The van der Waals surface area contributed by atoms with Crippen molar-refractivity contribution in [3.8, 4) is 0 Å². The molecular formula is C8H20I2N2Si. The Labute approximate surface area is 109 Å². The van der Waals surface area contributed by atoms with Crippen LogP contribution in [0.15, 0.2) is 0 Å². The van der Waals surface area contributed by atoms with E-state index in [1.807, 2.05) is 0 Å². The van der Waals surface area contributed by atoms with Crippen molar-refractivity contribution in [3.05, 3.63) is 0 Å². The van der Waals surface area contributed by atoms with Gasteiger partial charge in [-0.2, -0.15) is 0 Å². The van der Waals surface area contributed by atoms with Crippen molar-refractivity contribution >= 4 is 47.0 Å². The van der Waals surface area contributed by atoms with E-state index in [0.717, 1.165) is 0 Å². The molecule has 0 aliphatic heterocycles. The molecule has 0 saturated carbocycles. The molecule has 0 fully saturated rings. The summed E-state index contributed by atoms with van der Waals surface area (Å²) in [6.07, 6.45) is 0. The third kappa shape index (κ3) is 3.92. The molecule has 0 bridgehead atoms. The molecule has 0 amide bonds. The zero-order valence-corrected chi connectivity index (χ0v) is 14.6. The summed E-state index contributed by atoms with van der Waals surface area (Å²) in [6, 6.07) is 1.25. The fourth-order valence-corrected chi connectivity index (χ4v) is 9.30. The SMILES string of the molecule is CC(C)N(C)[Si](I)(I)N(C)C(C)C. The number of hydrogen-bond donors (Lipinski definition) is 0. The van der Waals surface area contributed by atoms with Gasteiger partial charge in [0.2, 0.25) is 0 Å². The Balaban J connectivity index is 4.54. The van der Waals surface area contributed by atoms with Crippen LogP contribution in [0.4, 0.5) is 0 Å². The van der Waals surface area contributed by atoms with Crippen molar-refractivity contribution in [3.63, 3.8) is 0 Å². The third-order valence-electron chi connectivity index (χ3n) is 2.40. The van der Waals surface area contributed by atoms with E-state index in [9.17, 15) is 0 Å². The molecule has 0 saturated heterocycles. The van der Waals surface area contributed by atoms with Crippen LogP contribution >= 0.6 is 43.6 Å². The van der Waals surface area contributed by atoms with Gasteiger partial charge in [-0.3, -0.25) is 9.13 Å². The molecular weight excluding hydrogens is 406 g/mol. The van der Waals surface area contributed by atoms with Crippen molar-refractivity contribution in [2.45, 2.75) is 39.8 Å². The van der Waals surface area contributed by atoms with Gasteiger partial charge >= 0.3 is 3.39 Å². The molecule has 2 nitrogen and oxygen atoms in total. The van der Waals surface area contributed by atoms with E-state index < -0.39 is 3.39 Å². The van der Waals surface area contributed by atoms with Crippen molar-refractivity contribution in [2.24, 2.45) is 0 Å². The monoisotopic (exact) mass is 426 g/mol. The van der Waals surface area contributed by atoms with Crippen molar-refractivity contribution in [1.29, 1.82) is 0 Å². The Morgan fingerprint density at radius 1 is 0.846 bits per heavy atom. The van der Waals surface area contributed by atoms with Crippen LogP contribution in [0.5, 0.6) is 0 Å². The smallest absolute Gasteiger partial charge is 0.297 e. The van der Waals surface area contributed by atoms with Gasteiger partial charge < -0.3 is 0 Å². The summed E-state index contributed by atoms with van der Waals surface area (Å²) in [5.74, 6) is 0. The number of rotatable bonds is 4. The molecule has 0 radical (unpaired) electrons. The Morgan fingerprint density at radius 2 is 1.08 bits per heavy atom. The average molecular weight is 426 g/mol. The Bertz CT molecular complexity index is 146. The molecule has 0 rings (SSSR count). The van der Waals surface area contributed by atoms with E-state index in [0.29, 0.717) is 12.1 Å². The topological polar surface area (TPSA) is 6.48 Å². The second-order valence-electron chi connectivity index (χ2n) is 3.92. The van der Waals surface area contributed by atoms with Crippen LogP contribution in [-0.2, 0) is 0 Å². The van der Waals surface area contributed by atoms with Crippen LogP contribution < -0.4 is 0 Å². The Kier molecular flexibility index (Phi) is 6.31. The summed E-state index contributed by atoms with van der Waals surface area (Å²) in [6.45, 7) is 9.03. The predicted molar refractivity (Wildman–Crippen MR) is 79.6 cm³/mol. The minimum atomic E-state index is -1.43. The van der Waals surface area contributed by atoms with Gasteiger partial charge in [-0.1, -0.05) is 71.3 Å². The molecule has 5 heteroatoms. The quantitative estimate of drug-likeness (QED) is 0.388. The number of halogens is 2. The highest BCUT2D eigenvalue weighted by Gasteiger charge is 2.39. The maximum Gasteiger partial charge on any atom is 0.343 e. The van der Waals surface area contributed by atoms with E-state index >= 15 is 0 Å². The summed E-state index contributed by atoms with van der Waals surface area (Å²) in [4.78, 5) is 0. The highest BCUT2D eigenvalue weighted by Crippen LogP contribution is 2.30. The van der Waals surface area contributed by atoms with Crippen LogP contribution in [0.25, 0.3) is 0 Å². The second-order valence-corrected chi connectivity index (χ2v) is 21.6. The average Bonchev–Trinajstić information content (AvgIpc) is 2.01. The Hall–Kier alpha value is 1.60. The normalized spacial score (nSPS) is 13.8. The predicted octanol–water partition coefficient (Wildman–Crippen LogP) is 2.97. The summed E-state index contributed by atoms with van der Waals surface area (Å²) in [5.41, 5.74) is 0. The molecule has 0 aromatic rings. The first-order chi connectivity index (χ1) is 5.71. The second kappa shape index (κ2) is 5.62. The first-order valence-corrected chi connectivity index (χ1v) is 12.7. The van der Waals surface area contributed by atoms with Gasteiger partial charge in [0, 0.05) is 0 Å². The lowest BCUT2D eigenvalue weighted by Crippen LogP contribution is -2.58. The van der Waals surface area contributed by atoms with Gasteiger partial charge in [-0.15, -0.1) is 0 Å². The van der Waals surface area contributed by atoms with Crippen molar-refractivity contribution in [1.82, 2.24) is 9.13 Å². The van der Waals surface area contributed by atoms with Gasteiger partial charge in [0.1, 0.15) is 0 Å². The first-order valence-electron chi connectivity index (χ1n) is 4.55. The number of hydrogen-bond acceptors (Lipinski definition) is 2. The highest BCUT2D eigenvalue weighted by molar-refractivity contribution is 14.3. The molecule has 0 aromatic carbocycles. The highest BCUT2D eigenvalue weighted by atomic mass is 127. The van der Waals surface area contributed by atoms with E-state index in [2.05, 4.69) is 94.5 Å². The zero-order valence-electron chi connectivity index (χ0n) is 9.31. The summed E-state index contributed by atoms with van der Waals surface area (Å²) < 4.78 is 3.59. The molecule has 0 spiro atoms. The summed E-state index contributed by atoms with van der Waals surface area (Å²) in [5, 5.41) is 0. The lowest BCUT2D eigenvalue weighted by molar-refractivity contribution is 0.353. The third-order valence-corrected chi connectivity index (χ3v) is 14.3. The fourth-order valence-electron chi connectivity index (χ4n) is 0.870. The minimum Gasteiger partial charge on any atom is -0.297 e. The van der Waals surface area contributed by atoms with Crippen LogP contribution in [0.2, 0.25) is 0 Å². The minimum absolute atomic E-state index is 0.627. The molecule has 0 aliphatic carbocycles. The van der Waals surface area contributed by atoms with Crippen LogP contribution in [0.1, 0.15) is 27.7 Å². The lowest BCUT2D eigenvalue weighted by atomic mass is 10.4. The van der Waals surface area contributed by atoms with E-state index in [1.165, 1.54) is 0 Å². The van der Waals surface area contributed by atoms with E-state index in [1.54, 1.807) is 0 Å². The molecule has 0 aliphatic rings. The molecule has 80 valence electrons. The van der Waals surface area contributed by atoms with Gasteiger partial charge in [0.05, 0.1) is 0 Å².